The largest absolute Gasteiger partial charge is 0.448 e. The molecule has 1 fully saturated rings. The van der Waals surface area contributed by atoms with E-state index >= 15 is 0 Å². The molecule has 0 saturated carbocycles. The van der Waals surface area contributed by atoms with E-state index in [0.29, 0.717) is 24.2 Å². The van der Waals surface area contributed by atoms with E-state index in [1.54, 1.807) is 12.1 Å². The van der Waals surface area contributed by atoms with E-state index in [9.17, 15) is 13.8 Å². The van der Waals surface area contributed by atoms with Gasteiger partial charge >= 0.3 is 5.97 Å². The van der Waals surface area contributed by atoms with Gasteiger partial charge in [0.1, 0.15) is 0 Å². The molecule has 0 bridgehead atoms. The van der Waals surface area contributed by atoms with E-state index in [0.717, 1.165) is 5.56 Å². The number of benzene rings is 1. The van der Waals surface area contributed by atoms with Gasteiger partial charge in [-0.3, -0.25) is 9.00 Å². The third kappa shape index (κ3) is 1.82. The number of ether oxygens (including phenoxy) is 1. The molecule has 1 atom stereocenters. The van der Waals surface area contributed by atoms with Crippen molar-refractivity contribution < 1.29 is 18.5 Å². The van der Waals surface area contributed by atoms with Crippen LogP contribution in [-0.2, 0) is 21.1 Å². The van der Waals surface area contributed by atoms with Crippen molar-refractivity contribution >= 4 is 22.6 Å². The average molecular weight is 279 g/mol. The lowest BCUT2D eigenvalue weighted by molar-refractivity contribution is -0.0369. The molecular weight excluding hydrogens is 266 g/mol. The Morgan fingerprint density at radius 1 is 1.47 bits per heavy atom. The van der Waals surface area contributed by atoms with Gasteiger partial charge in [-0.2, -0.15) is 0 Å². The molecule has 2 aliphatic heterocycles. The average Bonchev–Trinajstić information content (AvgIpc) is 2.62. The van der Waals surface area contributed by atoms with Crippen LogP contribution in [0.1, 0.15) is 26.3 Å². The second kappa shape index (κ2) is 4.25. The summed E-state index contributed by atoms with van der Waals surface area (Å²) < 4.78 is 16.6. The molecule has 6 heteroatoms. The predicted molar refractivity (Wildman–Crippen MR) is 69.7 cm³/mol. The maximum Gasteiger partial charge on any atom is 0.340 e. The van der Waals surface area contributed by atoms with Crippen molar-refractivity contribution in [3.63, 3.8) is 0 Å². The third-order valence-corrected chi connectivity index (χ3v) is 4.17. The van der Waals surface area contributed by atoms with Crippen molar-refractivity contribution in [1.82, 2.24) is 5.32 Å². The van der Waals surface area contributed by atoms with Gasteiger partial charge in [-0.15, -0.1) is 0 Å². The van der Waals surface area contributed by atoms with Crippen LogP contribution in [0.5, 0.6) is 0 Å². The van der Waals surface area contributed by atoms with Gasteiger partial charge in [0.2, 0.25) is 0 Å². The van der Waals surface area contributed by atoms with E-state index in [2.05, 4.69) is 5.32 Å². The van der Waals surface area contributed by atoms with Gasteiger partial charge in [0.15, 0.2) is 11.4 Å². The zero-order valence-electron chi connectivity index (χ0n) is 10.4. The van der Waals surface area contributed by atoms with Crippen molar-refractivity contribution in [2.75, 3.05) is 25.1 Å². The molecule has 0 radical (unpaired) electrons. The lowest BCUT2D eigenvalue weighted by Crippen LogP contribution is -2.56. The van der Waals surface area contributed by atoms with Crippen LogP contribution in [0.4, 0.5) is 0 Å². The summed E-state index contributed by atoms with van der Waals surface area (Å²) in [6.07, 6.45) is 1.47. The first kappa shape index (κ1) is 12.5. The maximum atomic E-state index is 12.1. The van der Waals surface area contributed by atoms with Crippen LogP contribution in [0, 0.1) is 0 Å². The van der Waals surface area contributed by atoms with Crippen molar-refractivity contribution in [2.45, 2.75) is 5.60 Å². The second-order valence-electron chi connectivity index (χ2n) is 4.86. The zero-order chi connectivity index (χ0) is 13.6. The van der Waals surface area contributed by atoms with Crippen LogP contribution in [-0.4, -0.2) is 41.1 Å². The molecule has 1 spiro atoms. The first-order valence-corrected chi connectivity index (χ1v) is 7.67. The molecule has 1 saturated heterocycles. The molecular formula is C13H13NO4S. The van der Waals surface area contributed by atoms with Crippen LogP contribution < -0.4 is 5.32 Å². The van der Waals surface area contributed by atoms with Crippen molar-refractivity contribution in [1.29, 1.82) is 0 Å². The van der Waals surface area contributed by atoms with Crippen LogP contribution in [0.3, 0.4) is 0 Å². The van der Waals surface area contributed by atoms with Crippen molar-refractivity contribution in [3.8, 4) is 0 Å². The Bertz CT molecular complexity index is 607. The fraction of sp³-hybridized carbons (Fsp3) is 0.385. The van der Waals surface area contributed by atoms with E-state index in [1.165, 1.54) is 6.26 Å². The lowest BCUT2D eigenvalue weighted by atomic mass is 9.85. The number of Topliss-reactive ketones (excluding diaryl/α,β-unsaturated/α-hetero) is 1. The molecule has 100 valence electrons. The SMILES string of the molecule is CS(=O)CC(=O)c1cccc2c1C(=O)OC21CNC1. The Kier molecular flexibility index (Phi) is 2.79. The highest BCUT2D eigenvalue weighted by molar-refractivity contribution is 7.85. The molecule has 5 nitrogen and oxygen atoms in total. The van der Waals surface area contributed by atoms with Gasteiger partial charge in [0.05, 0.1) is 11.3 Å². The van der Waals surface area contributed by atoms with Gasteiger partial charge in [-0.05, 0) is 0 Å². The van der Waals surface area contributed by atoms with Crippen LogP contribution >= 0.6 is 0 Å². The number of esters is 1. The molecule has 2 heterocycles. The smallest absolute Gasteiger partial charge is 0.340 e. The van der Waals surface area contributed by atoms with Crippen LogP contribution in [0.2, 0.25) is 0 Å². The normalized spacial score (nSPS) is 20.6. The van der Waals surface area contributed by atoms with Gasteiger partial charge in [0, 0.05) is 41.3 Å². The van der Waals surface area contributed by atoms with Gasteiger partial charge in [-0.1, -0.05) is 18.2 Å². The standard InChI is InChI=1S/C13H13NO4S/c1-19(17)5-10(15)8-3-2-4-9-11(8)12(16)18-13(9)6-14-7-13/h2-4,14H,5-7H2,1H3. The highest BCUT2D eigenvalue weighted by Gasteiger charge is 2.51. The molecule has 2 aliphatic rings. The van der Waals surface area contributed by atoms with E-state index in [4.69, 9.17) is 4.74 Å². The van der Waals surface area contributed by atoms with E-state index in [1.807, 2.05) is 6.07 Å². The summed E-state index contributed by atoms with van der Waals surface area (Å²) in [5.41, 5.74) is 0.832. The number of carbonyl (C=O) groups excluding carboxylic acids is 2. The quantitative estimate of drug-likeness (QED) is 0.633. The summed E-state index contributed by atoms with van der Waals surface area (Å²) in [5, 5.41) is 3.08. The van der Waals surface area contributed by atoms with Crippen LogP contribution in [0.25, 0.3) is 0 Å². The van der Waals surface area contributed by atoms with Crippen molar-refractivity contribution in [3.05, 3.63) is 34.9 Å². The molecule has 1 N–H and O–H groups in total. The maximum absolute atomic E-state index is 12.1. The lowest BCUT2D eigenvalue weighted by Gasteiger charge is -2.37. The fourth-order valence-corrected chi connectivity index (χ4v) is 3.07. The number of ketones is 1. The molecule has 19 heavy (non-hydrogen) atoms. The van der Waals surface area contributed by atoms with Gasteiger partial charge < -0.3 is 10.1 Å². The Balaban J connectivity index is 2.07. The molecule has 1 aromatic rings. The van der Waals surface area contributed by atoms with E-state index < -0.39 is 22.4 Å². The molecule has 3 rings (SSSR count). The molecule has 0 aliphatic carbocycles. The Labute approximate surface area is 112 Å². The summed E-state index contributed by atoms with van der Waals surface area (Å²) in [6.45, 7) is 1.15. The first-order chi connectivity index (χ1) is 9.03. The van der Waals surface area contributed by atoms with Crippen LogP contribution in [0.15, 0.2) is 18.2 Å². The second-order valence-corrected chi connectivity index (χ2v) is 6.29. The number of fused-ring (bicyclic) bond motifs is 2. The number of nitrogens with one attached hydrogen (secondary N) is 1. The summed E-state index contributed by atoms with van der Waals surface area (Å²) in [7, 11) is -1.22. The molecule has 1 unspecified atom stereocenters. The highest BCUT2D eigenvalue weighted by atomic mass is 32.2. The molecule has 0 aromatic heterocycles. The number of carbonyl (C=O) groups is 2. The minimum Gasteiger partial charge on any atom is -0.448 e. The fourth-order valence-electron chi connectivity index (χ4n) is 2.54. The topological polar surface area (TPSA) is 72.5 Å². The molecule has 1 aromatic carbocycles. The summed E-state index contributed by atoms with van der Waals surface area (Å²) in [4.78, 5) is 24.1. The Hall–Kier alpha value is -1.53. The number of hydrogen-bond acceptors (Lipinski definition) is 5. The minimum absolute atomic E-state index is 0.0744. The van der Waals surface area contributed by atoms with Gasteiger partial charge in [0.25, 0.3) is 0 Å². The predicted octanol–water partition coefficient (Wildman–Crippen LogP) is 0.217. The van der Waals surface area contributed by atoms with E-state index in [-0.39, 0.29) is 11.5 Å². The summed E-state index contributed by atoms with van der Waals surface area (Å²) >= 11 is 0. The molecule has 0 amide bonds. The number of rotatable bonds is 3. The van der Waals surface area contributed by atoms with Gasteiger partial charge in [-0.25, -0.2) is 4.79 Å². The first-order valence-electron chi connectivity index (χ1n) is 5.94. The summed E-state index contributed by atoms with van der Waals surface area (Å²) in [6, 6.07) is 5.16. The minimum atomic E-state index is -1.22. The number of hydrogen-bond donors (Lipinski definition) is 1. The van der Waals surface area contributed by atoms with Crippen molar-refractivity contribution in [2.24, 2.45) is 0 Å². The monoisotopic (exact) mass is 279 g/mol. The zero-order valence-corrected chi connectivity index (χ0v) is 11.2. The third-order valence-electron chi connectivity index (χ3n) is 3.50. The Morgan fingerprint density at radius 3 is 2.79 bits per heavy atom. The Morgan fingerprint density at radius 2 is 2.21 bits per heavy atom. The summed E-state index contributed by atoms with van der Waals surface area (Å²) in [5.74, 6) is -0.809. The highest BCUT2D eigenvalue weighted by Crippen LogP contribution is 2.40.